The molecule has 6 nitrogen and oxygen atoms in total. The average molecular weight is 402 g/mol. The molecule has 2 heterocycles. The van der Waals surface area contributed by atoms with Crippen LogP contribution in [0.15, 0.2) is 52.9 Å². The normalized spacial score (nSPS) is 12.2. The molecule has 0 aliphatic carbocycles. The highest BCUT2D eigenvalue weighted by Gasteiger charge is 2.18. The summed E-state index contributed by atoms with van der Waals surface area (Å²) >= 11 is 0. The van der Waals surface area contributed by atoms with Crippen LogP contribution < -0.4 is 5.32 Å². The van der Waals surface area contributed by atoms with Gasteiger partial charge in [-0.05, 0) is 57.4 Å². The molecule has 0 spiro atoms. The summed E-state index contributed by atoms with van der Waals surface area (Å²) in [6.07, 6.45) is 2.71. The van der Waals surface area contributed by atoms with Crippen LogP contribution in [-0.4, -0.2) is 21.1 Å². The maximum absolute atomic E-state index is 12.8. The van der Waals surface area contributed by atoms with E-state index in [-0.39, 0.29) is 11.9 Å². The number of carbonyl (C=O) groups is 1. The Morgan fingerprint density at radius 2 is 1.93 bits per heavy atom. The number of aromatic amines is 1. The largest absolute Gasteiger partial charge is 0.441 e. The number of oxazole rings is 1. The van der Waals surface area contributed by atoms with Gasteiger partial charge in [0.25, 0.3) is 5.91 Å². The van der Waals surface area contributed by atoms with E-state index in [1.54, 1.807) is 12.1 Å². The van der Waals surface area contributed by atoms with Crippen LogP contribution in [0.25, 0.3) is 11.1 Å². The molecule has 1 atom stereocenters. The lowest BCUT2D eigenvalue weighted by Gasteiger charge is -2.14. The summed E-state index contributed by atoms with van der Waals surface area (Å²) in [5, 5.41) is 10.2. The highest BCUT2D eigenvalue weighted by Crippen LogP contribution is 2.22. The van der Waals surface area contributed by atoms with Gasteiger partial charge in [0.15, 0.2) is 11.5 Å². The highest BCUT2D eigenvalue weighted by atomic mass is 16.3. The maximum atomic E-state index is 12.8. The van der Waals surface area contributed by atoms with E-state index in [1.165, 1.54) is 5.56 Å². The van der Waals surface area contributed by atoms with Crippen LogP contribution in [0, 0.1) is 13.8 Å². The number of amides is 1. The summed E-state index contributed by atoms with van der Waals surface area (Å²) in [5.41, 5.74) is 6.17. The molecule has 2 N–H and O–H groups in total. The second-order valence-corrected chi connectivity index (χ2v) is 7.67. The van der Waals surface area contributed by atoms with Crippen LogP contribution in [0.2, 0.25) is 0 Å². The minimum Gasteiger partial charge on any atom is -0.441 e. The molecule has 0 saturated heterocycles. The van der Waals surface area contributed by atoms with E-state index >= 15 is 0 Å². The van der Waals surface area contributed by atoms with Crippen LogP contribution in [0.1, 0.15) is 58.1 Å². The summed E-state index contributed by atoms with van der Waals surface area (Å²) in [6.45, 7) is 5.85. The molecule has 154 valence electrons. The summed E-state index contributed by atoms with van der Waals surface area (Å²) < 4.78 is 5.86. The Hall–Kier alpha value is -3.41. The summed E-state index contributed by atoms with van der Waals surface area (Å²) in [5.74, 6) is 0.564. The van der Waals surface area contributed by atoms with Crippen molar-refractivity contribution in [1.82, 2.24) is 20.5 Å². The smallest absolute Gasteiger partial charge is 0.251 e. The zero-order valence-electron chi connectivity index (χ0n) is 17.5. The second kappa shape index (κ2) is 8.53. The van der Waals surface area contributed by atoms with Gasteiger partial charge in [-0.25, -0.2) is 4.98 Å². The molecule has 30 heavy (non-hydrogen) atoms. The zero-order valence-corrected chi connectivity index (χ0v) is 17.5. The van der Waals surface area contributed by atoms with Gasteiger partial charge >= 0.3 is 0 Å². The minimum absolute atomic E-state index is 0.141. The molecule has 2 aromatic heterocycles. The molecule has 0 radical (unpaired) electrons. The van der Waals surface area contributed by atoms with Gasteiger partial charge in [-0.2, -0.15) is 5.10 Å². The van der Waals surface area contributed by atoms with Gasteiger partial charge in [0.05, 0.1) is 11.7 Å². The molecule has 0 bridgehead atoms. The Morgan fingerprint density at radius 1 is 1.13 bits per heavy atom. The fourth-order valence-corrected chi connectivity index (χ4v) is 3.86. The summed E-state index contributed by atoms with van der Waals surface area (Å²) in [7, 11) is 0. The number of carbonyl (C=O) groups excluding carboxylic acids is 1. The number of nitrogens with zero attached hydrogens (tertiary/aromatic N) is 2. The van der Waals surface area contributed by atoms with Gasteiger partial charge in [0.2, 0.25) is 0 Å². The van der Waals surface area contributed by atoms with Crippen molar-refractivity contribution in [3.05, 3.63) is 82.5 Å². The third-order valence-electron chi connectivity index (χ3n) is 5.36. The molecule has 1 amide bonds. The SMILES string of the molecule is Cc1n[nH]c(C)c1C(C)NC(=O)c1ccc2oc(CCCc3ccccc3)nc2c1. The van der Waals surface area contributed by atoms with Crippen LogP contribution >= 0.6 is 0 Å². The first-order chi connectivity index (χ1) is 14.5. The fourth-order valence-electron chi connectivity index (χ4n) is 3.86. The van der Waals surface area contributed by atoms with Gasteiger partial charge in [-0.15, -0.1) is 0 Å². The molecule has 6 heteroatoms. The Balaban J connectivity index is 1.42. The number of fused-ring (bicyclic) bond motifs is 1. The number of aromatic nitrogens is 3. The van der Waals surface area contributed by atoms with E-state index in [0.717, 1.165) is 36.2 Å². The monoisotopic (exact) mass is 402 g/mol. The number of hydrogen-bond donors (Lipinski definition) is 2. The third kappa shape index (κ3) is 4.27. The van der Waals surface area contributed by atoms with Crippen molar-refractivity contribution in [2.75, 3.05) is 0 Å². The third-order valence-corrected chi connectivity index (χ3v) is 5.36. The number of aryl methyl sites for hydroxylation is 4. The van der Waals surface area contributed by atoms with Crippen LogP contribution in [0.5, 0.6) is 0 Å². The number of hydrogen-bond acceptors (Lipinski definition) is 4. The molecular weight excluding hydrogens is 376 g/mol. The van der Waals surface area contributed by atoms with Crippen molar-refractivity contribution in [1.29, 1.82) is 0 Å². The van der Waals surface area contributed by atoms with E-state index < -0.39 is 0 Å². The first-order valence-corrected chi connectivity index (χ1v) is 10.3. The molecule has 0 aliphatic rings. The predicted octanol–water partition coefficient (Wildman–Crippen LogP) is 4.83. The van der Waals surface area contributed by atoms with Crippen LogP contribution in [0.3, 0.4) is 0 Å². The van der Waals surface area contributed by atoms with E-state index in [1.807, 2.05) is 32.9 Å². The molecule has 4 rings (SSSR count). The minimum atomic E-state index is -0.141. The molecule has 4 aromatic rings. The molecular formula is C24H26N4O2. The van der Waals surface area contributed by atoms with Crippen LogP contribution in [0.4, 0.5) is 0 Å². The number of rotatable bonds is 7. The first kappa shape index (κ1) is 19.9. The van der Waals surface area contributed by atoms with E-state index in [9.17, 15) is 4.79 Å². The van der Waals surface area contributed by atoms with Crippen molar-refractivity contribution in [3.63, 3.8) is 0 Å². The number of nitrogens with one attached hydrogen (secondary N) is 2. The van der Waals surface area contributed by atoms with Crippen molar-refractivity contribution >= 4 is 17.0 Å². The number of benzene rings is 2. The zero-order chi connectivity index (χ0) is 21.1. The van der Waals surface area contributed by atoms with E-state index in [2.05, 4.69) is 44.8 Å². The Morgan fingerprint density at radius 3 is 2.67 bits per heavy atom. The Labute approximate surface area is 175 Å². The van der Waals surface area contributed by atoms with Crippen molar-refractivity contribution in [3.8, 4) is 0 Å². The maximum Gasteiger partial charge on any atom is 0.251 e. The highest BCUT2D eigenvalue weighted by molar-refractivity contribution is 5.97. The van der Waals surface area contributed by atoms with Gasteiger partial charge in [0, 0.05) is 23.2 Å². The quantitative estimate of drug-likeness (QED) is 0.464. The molecule has 2 aromatic carbocycles. The first-order valence-electron chi connectivity index (χ1n) is 10.3. The fraction of sp³-hybridized carbons (Fsp3) is 0.292. The molecule has 0 aliphatic heterocycles. The number of H-pyrrole nitrogens is 1. The topological polar surface area (TPSA) is 83.8 Å². The lowest BCUT2D eigenvalue weighted by molar-refractivity contribution is 0.0940. The second-order valence-electron chi connectivity index (χ2n) is 7.67. The molecule has 0 fully saturated rings. The van der Waals surface area contributed by atoms with Crippen molar-refractivity contribution in [2.24, 2.45) is 0 Å². The van der Waals surface area contributed by atoms with E-state index in [0.29, 0.717) is 22.6 Å². The lowest BCUT2D eigenvalue weighted by atomic mass is 10.1. The molecule has 1 unspecified atom stereocenters. The Kier molecular flexibility index (Phi) is 5.65. The standard InChI is InChI=1S/C24H26N4O2/c1-15(23-16(2)27-28-17(23)3)25-24(29)19-12-13-21-20(14-19)26-22(30-21)11-7-10-18-8-5-4-6-9-18/h4-6,8-9,12-15H,7,10-11H2,1-3H3,(H,25,29)(H,27,28). The van der Waals surface area contributed by atoms with Gasteiger partial charge < -0.3 is 9.73 Å². The van der Waals surface area contributed by atoms with Gasteiger partial charge in [0.1, 0.15) is 5.52 Å². The van der Waals surface area contributed by atoms with Gasteiger partial charge in [-0.1, -0.05) is 30.3 Å². The van der Waals surface area contributed by atoms with Crippen molar-refractivity contribution in [2.45, 2.75) is 46.1 Å². The van der Waals surface area contributed by atoms with Gasteiger partial charge in [-0.3, -0.25) is 9.89 Å². The Bertz CT molecular complexity index is 1140. The molecule has 0 saturated carbocycles. The van der Waals surface area contributed by atoms with E-state index in [4.69, 9.17) is 4.42 Å². The average Bonchev–Trinajstić information content (AvgIpc) is 3.30. The lowest BCUT2D eigenvalue weighted by Crippen LogP contribution is -2.27. The van der Waals surface area contributed by atoms with Crippen molar-refractivity contribution < 1.29 is 9.21 Å². The summed E-state index contributed by atoms with van der Waals surface area (Å²) in [4.78, 5) is 17.3. The summed E-state index contributed by atoms with van der Waals surface area (Å²) in [6, 6.07) is 15.6. The predicted molar refractivity (Wildman–Crippen MR) is 116 cm³/mol. The van der Waals surface area contributed by atoms with Crippen LogP contribution in [-0.2, 0) is 12.8 Å².